The van der Waals surface area contributed by atoms with Crippen molar-refractivity contribution < 1.29 is 17.6 Å². The van der Waals surface area contributed by atoms with Crippen LogP contribution in [0.25, 0.3) is 11.0 Å². The summed E-state index contributed by atoms with van der Waals surface area (Å²) in [5.41, 5.74) is 1.27. The lowest BCUT2D eigenvalue weighted by Gasteiger charge is -2.15. The summed E-state index contributed by atoms with van der Waals surface area (Å²) in [7, 11) is -3.48. The molecule has 0 spiro atoms. The summed E-state index contributed by atoms with van der Waals surface area (Å²) in [6, 6.07) is 4.87. The van der Waals surface area contributed by atoms with Gasteiger partial charge in [0.25, 0.3) is 5.91 Å². The molecule has 4 rings (SSSR count). The summed E-state index contributed by atoms with van der Waals surface area (Å²) in [5.74, 6) is 0.225. The number of hydrogen-bond donors (Lipinski definition) is 0. The topological polar surface area (TPSA) is 70.8 Å². The Morgan fingerprint density at radius 1 is 1.04 bits per heavy atom. The SMILES string of the molecule is Cc1c(C(=O)N2CCCC2)oc2ccc(S(=O)(=O)N3CCCC3)cc12. The number of carbonyl (C=O) groups is 1. The molecule has 2 aliphatic rings. The monoisotopic (exact) mass is 362 g/mol. The van der Waals surface area contributed by atoms with E-state index >= 15 is 0 Å². The molecular formula is C18H22N2O4S. The van der Waals surface area contributed by atoms with Gasteiger partial charge < -0.3 is 9.32 Å². The third-order valence-electron chi connectivity index (χ3n) is 5.20. The number of hydrogen-bond acceptors (Lipinski definition) is 4. The molecule has 0 N–H and O–H groups in total. The highest BCUT2D eigenvalue weighted by molar-refractivity contribution is 7.89. The van der Waals surface area contributed by atoms with Crippen molar-refractivity contribution >= 4 is 26.9 Å². The van der Waals surface area contributed by atoms with Crippen molar-refractivity contribution in [1.29, 1.82) is 0 Å². The van der Waals surface area contributed by atoms with Crippen LogP contribution in [0.5, 0.6) is 0 Å². The molecule has 1 aromatic heterocycles. The van der Waals surface area contributed by atoms with Crippen molar-refractivity contribution in [3.63, 3.8) is 0 Å². The summed E-state index contributed by atoms with van der Waals surface area (Å²) in [6.07, 6.45) is 3.84. The van der Waals surface area contributed by atoms with Gasteiger partial charge in [-0.25, -0.2) is 8.42 Å². The summed E-state index contributed by atoms with van der Waals surface area (Å²) >= 11 is 0. The highest BCUT2D eigenvalue weighted by Crippen LogP contribution is 2.31. The van der Waals surface area contributed by atoms with Gasteiger partial charge >= 0.3 is 0 Å². The number of rotatable bonds is 3. The number of likely N-dealkylation sites (tertiary alicyclic amines) is 1. The van der Waals surface area contributed by atoms with Crippen molar-refractivity contribution in [2.45, 2.75) is 37.5 Å². The van der Waals surface area contributed by atoms with Gasteiger partial charge in [0.05, 0.1) is 4.90 Å². The van der Waals surface area contributed by atoms with Gasteiger partial charge in [0.2, 0.25) is 10.0 Å². The van der Waals surface area contributed by atoms with E-state index in [1.165, 1.54) is 4.31 Å². The predicted octanol–water partition coefficient (Wildman–Crippen LogP) is 2.76. The highest BCUT2D eigenvalue weighted by atomic mass is 32.2. The number of amides is 1. The van der Waals surface area contributed by atoms with Crippen molar-refractivity contribution in [3.05, 3.63) is 29.5 Å². The van der Waals surface area contributed by atoms with Gasteiger partial charge in [-0.05, 0) is 50.8 Å². The zero-order valence-corrected chi connectivity index (χ0v) is 15.1. The zero-order chi connectivity index (χ0) is 17.6. The number of benzene rings is 1. The molecule has 0 aliphatic carbocycles. The molecule has 2 aromatic rings. The van der Waals surface area contributed by atoms with E-state index in [9.17, 15) is 13.2 Å². The van der Waals surface area contributed by atoms with Crippen molar-refractivity contribution in [2.75, 3.05) is 26.2 Å². The third kappa shape index (κ3) is 2.75. The average Bonchev–Trinajstić information content (AvgIpc) is 3.35. The van der Waals surface area contributed by atoms with Crippen LogP contribution >= 0.6 is 0 Å². The van der Waals surface area contributed by atoms with Crippen LogP contribution in [-0.4, -0.2) is 49.7 Å². The Kier molecular flexibility index (Phi) is 4.08. The lowest BCUT2D eigenvalue weighted by molar-refractivity contribution is 0.0762. The molecule has 7 heteroatoms. The van der Waals surface area contributed by atoms with E-state index in [-0.39, 0.29) is 10.8 Å². The molecular weight excluding hydrogens is 340 g/mol. The molecule has 0 bridgehead atoms. The number of sulfonamides is 1. The molecule has 0 saturated carbocycles. The first kappa shape index (κ1) is 16.6. The number of carbonyl (C=O) groups excluding carboxylic acids is 1. The predicted molar refractivity (Wildman–Crippen MR) is 94.1 cm³/mol. The maximum absolute atomic E-state index is 12.8. The Morgan fingerprint density at radius 3 is 2.36 bits per heavy atom. The van der Waals surface area contributed by atoms with Crippen LogP contribution < -0.4 is 0 Å². The number of aryl methyl sites for hydroxylation is 1. The van der Waals surface area contributed by atoms with Crippen LogP contribution in [0.3, 0.4) is 0 Å². The Labute approximate surface area is 147 Å². The normalized spacial score (nSPS) is 19.2. The van der Waals surface area contributed by atoms with Crippen LogP contribution in [0.15, 0.2) is 27.5 Å². The molecule has 2 aliphatic heterocycles. The number of fused-ring (bicyclic) bond motifs is 1. The van der Waals surface area contributed by atoms with Crippen molar-refractivity contribution in [2.24, 2.45) is 0 Å². The minimum atomic E-state index is -3.48. The van der Waals surface area contributed by atoms with Crippen molar-refractivity contribution in [1.82, 2.24) is 9.21 Å². The maximum atomic E-state index is 12.8. The van der Waals surface area contributed by atoms with E-state index in [4.69, 9.17) is 4.42 Å². The molecule has 6 nitrogen and oxygen atoms in total. The van der Waals surface area contributed by atoms with Crippen LogP contribution in [0.4, 0.5) is 0 Å². The fraction of sp³-hybridized carbons (Fsp3) is 0.500. The second kappa shape index (κ2) is 6.14. The third-order valence-corrected chi connectivity index (χ3v) is 7.09. The Morgan fingerprint density at radius 2 is 1.68 bits per heavy atom. The van der Waals surface area contributed by atoms with Crippen LogP contribution in [-0.2, 0) is 10.0 Å². The van der Waals surface area contributed by atoms with Gasteiger partial charge in [0.15, 0.2) is 5.76 Å². The van der Waals surface area contributed by atoms with Gasteiger partial charge in [0.1, 0.15) is 5.58 Å². The van der Waals surface area contributed by atoms with E-state index in [1.54, 1.807) is 23.1 Å². The van der Waals surface area contributed by atoms with Crippen LogP contribution in [0.2, 0.25) is 0 Å². The second-order valence-corrected chi connectivity index (χ2v) is 8.76. The summed E-state index contributed by atoms with van der Waals surface area (Å²) in [4.78, 5) is 14.7. The number of nitrogens with zero attached hydrogens (tertiary/aromatic N) is 2. The number of furan rings is 1. The molecule has 25 heavy (non-hydrogen) atoms. The molecule has 1 amide bonds. The summed E-state index contributed by atoms with van der Waals surface area (Å²) in [5, 5.41) is 0.697. The molecule has 0 atom stereocenters. The quantitative estimate of drug-likeness (QED) is 0.842. The molecule has 0 radical (unpaired) electrons. The molecule has 134 valence electrons. The lowest BCUT2D eigenvalue weighted by Crippen LogP contribution is -2.27. The second-order valence-electron chi connectivity index (χ2n) is 6.82. The van der Waals surface area contributed by atoms with E-state index in [0.717, 1.165) is 38.8 Å². The van der Waals surface area contributed by atoms with E-state index in [0.29, 0.717) is 35.4 Å². The molecule has 2 fully saturated rings. The Bertz CT molecular complexity index is 920. The maximum Gasteiger partial charge on any atom is 0.289 e. The zero-order valence-electron chi connectivity index (χ0n) is 14.3. The van der Waals surface area contributed by atoms with Crippen LogP contribution in [0.1, 0.15) is 41.8 Å². The molecule has 1 aromatic carbocycles. The van der Waals surface area contributed by atoms with E-state index < -0.39 is 10.0 Å². The minimum Gasteiger partial charge on any atom is -0.451 e. The molecule has 2 saturated heterocycles. The Hall–Kier alpha value is -1.86. The molecule has 0 unspecified atom stereocenters. The first-order chi connectivity index (χ1) is 12.0. The van der Waals surface area contributed by atoms with Crippen molar-refractivity contribution in [3.8, 4) is 0 Å². The summed E-state index contributed by atoms with van der Waals surface area (Å²) < 4.78 is 32.8. The first-order valence-corrected chi connectivity index (χ1v) is 10.2. The first-order valence-electron chi connectivity index (χ1n) is 8.81. The highest BCUT2D eigenvalue weighted by Gasteiger charge is 2.29. The van der Waals surface area contributed by atoms with Gasteiger partial charge in [-0.15, -0.1) is 0 Å². The van der Waals surface area contributed by atoms with E-state index in [2.05, 4.69) is 0 Å². The summed E-state index contributed by atoms with van der Waals surface area (Å²) in [6.45, 7) is 4.47. The average molecular weight is 362 g/mol. The fourth-order valence-electron chi connectivity index (χ4n) is 3.71. The lowest BCUT2D eigenvalue weighted by atomic mass is 10.1. The van der Waals surface area contributed by atoms with Gasteiger partial charge in [-0.3, -0.25) is 4.79 Å². The Balaban J connectivity index is 1.73. The largest absolute Gasteiger partial charge is 0.451 e. The smallest absolute Gasteiger partial charge is 0.289 e. The van der Waals surface area contributed by atoms with Gasteiger partial charge in [-0.2, -0.15) is 4.31 Å². The fourth-order valence-corrected chi connectivity index (χ4v) is 5.25. The standard InChI is InChI=1S/C18H22N2O4S/c1-13-15-12-14(25(22,23)20-10-4-5-11-20)6-7-16(15)24-17(13)18(21)19-8-2-3-9-19/h6-7,12H,2-5,8-11H2,1H3. The molecule has 3 heterocycles. The van der Waals surface area contributed by atoms with Gasteiger partial charge in [0, 0.05) is 37.1 Å². The van der Waals surface area contributed by atoms with E-state index in [1.807, 2.05) is 6.92 Å². The van der Waals surface area contributed by atoms with Gasteiger partial charge in [-0.1, -0.05) is 0 Å². The minimum absolute atomic E-state index is 0.102. The van der Waals surface area contributed by atoms with Crippen LogP contribution in [0, 0.1) is 6.92 Å².